The molecule has 1 aliphatic rings. The molecular weight excluding hydrogens is 599 g/mol. The Balaban J connectivity index is 1.17. The second-order valence-electron chi connectivity index (χ2n) is 12.5. The Labute approximate surface area is 283 Å². The Morgan fingerprint density at radius 3 is 1.84 bits per heavy atom. The van der Waals surface area contributed by atoms with E-state index in [0.717, 1.165) is 78.0 Å². The quantitative estimate of drug-likeness (QED) is 0.190. The molecule has 9 aromatic rings. The van der Waals surface area contributed by atoms with Gasteiger partial charge in [-0.1, -0.05) is 115 Å². The summed E-state index contributed by atoms with van der Waals surface area (Å²) in [6.45, 7) is 0. The molecule has 230 valence electrons. The minimum Gasteiger partial charge on any atom is -0.456 e. The summed E-state index contributed by atoms with van der Waals surface area (Å²) in [4.78, 5) is 2.36. The van der Waals surface area contributed by atoms with Crippen LogP contribution in [0.1, 0.15) is 0 Å². The van der Waals surface area contributed by atoms with Crippen LogP contribution in [-0.4, -0.2) is 0 Å². The molecule has 49 heavy (non-hydrogen) atoms. The second kappa shape index (κ2) is 11.0. The van der Waals surface area contributed by atoms with E-state index < -0.39 is 0 Å². The number of benzene rings is 8. The fraction of sp³-hybridized carbons (Fsp3) is 0. The van der Waals surface area contributed by atoms with E-state index >= 15 is 0 Å². The Hall–Kier alpha value is -6.58. The normalized spacial score (nSPS) is 11.8. The minimum atomic E-state index is 0.854. The largest absolute Gasteiger partial charge is 0.456 e. The van der Waals surface area contributed by atoms with E-state index in [1.165, 1.54) is 16.7 Å². The SMILES string of the molecule is c1ccc(-c2ccc3c(c2)Oc2ccc(N(c4ccccc4)c4cccc5oc6cc(-c7ccccc7)ccc6c45)c4cccc-3c24)cc1. The van der Waals surface area contributed by atoms with Gasteiger partial charge in [0, 0.05) is 27.4 Å². The zero-order valence-electron chi connectivity index (χ0n) is 26.5. The number of ether oxygens (including phenoxy) is 1. The maximum Gasteiger partial charge on any atom is 0.137 e. The van der Waals surface area contributed by atoms with Crippen LogP contribution in [0.4, 0.5) is 17.1 Å². The highest BCUT2D eigenvalue weighted by Gasteiger charge is 2.26. The fourth-order valence-electron chi connectivity index (χ4n) is 7.41. The molecule has 0 spiro atoms. The Kier molecular flexibility index (Phi) is 6.18. The van der Waals surface area contributed by atoms with Crippen molar-refractivity contribution in [3.8, 4) is 44.9 Å². The minimum absolute atomic E-state index is 0.854. The van der Waals surface area contributed by atoms with Crippen molar-refractivity contribution in [1.29, 1.82) is 0 Å². The number of hydrogen-bond acceptors (Lipinski definition) is 3. The Morgan fingerprint density at radius 1 is 0.367 bits per heavy atom. The van der Waals surface area contributed by atoms with Gasteiger partial charge in [-0.05, 0) is 88.5 Å². The molecule has 3 heteroatoms. The topological polar surface area (TPSA) is 25.6 Å². The van der Waals surface area contributed by atoms with Crippen molar-refractivity contribution in [3.05, 3.63) is 176 Å². The van der Waals surface area contributed by atoms with Crippen LogP contribution in [0.3, 0.4) is 0 Å². The lowest BCUT2D eigenvalue weighted by atomic mass is 9.92. The third kappa shape index (κ3) is 4.44. The van der Waals surface area contributed by atoms with Crippen LogP contribution in [-0.2, 0) is 0 Å². The first-order valence-corrected chi connectivity index (χ1v) is 16.6. The van der Waals surface area contributed by atoms with E-state index in [2.05, 4.69) is 169 Å². The molecule has 0 radical (unpaired) electrons. The first-order chi connectivity index (χ1) is 24.3. The predicted octanol–water partition coefficient (Wildman–Crippen LogP) is 13.3. The molecular formula is C46H29NO2. The number of para-hydroxylation sites is 1. The monoisotopic (exact) mass is 627 g/mol. The van der Waals surface area contributed by atoms with Crippen molar-refractivity contribution >= 4 is 49.8 Å². The lowest BCUT2D eigenvalue weighted by molar-refractivity contribution is 0.487. The number of hydrogen-bond donors (Lipinski definition) is 0. The van der Waals surface area contributed by atoms with Crippen molar-refractivity contribution in [2.24, 2.45) is 0 Å². The molecule has 1 aromatic heterocycles. The second-order valence-corrected chi connectivity index (χ2v) is 12.5. The smallest absolute Gasteiger partial charge is 0.137 e. The van der Waals surface area contributed by atoms with E-state index in [1.807, 2.05) is 12.1 Å². The molecule has 0 atom stereocenters. The molecule has 0 fully saturated rings. The van der Waals surface area contributed by atoms with Crippen LogP contribution < -0.4 is 9.64 Å². The molecule has 0 amide bonds. The van der Waals surface area contributed by atoms with Crippen molar-refractivity contribution < 1.29 is 9.15 Å². The summed E-state index contributed by atoms with van der Waals surface area (Å²) in [5.74, 6) is 1.74. The molecule has 3 nitrogen and oxygen atoms in total. The number of fused-ring (bicyclic) bond motifs is 5. The molecule has 0 N–H and O–H groups in total. The van der Waals surface area contributed by atoms with E-state index in [1.54, 1.807) is 0 Å². The molecule has 2 heterocycles. The molecule has 0 unspecified atom stereocenters. The van der Waals surface area contributed by atoms with Crippen LogP contribution >= 0.6 is 0 Å². The summed E-state index contributed by atoms with van der Waals surface area (Å²) >= 11 is 0. The van der Waals surface area contributed by atoms with Gasteiger partial charge in [0.1, 0.15) is 22.7 Å². The number of nitrogens with zero attached hydrogens (tertiary/aromatic N) is 1. The molecule has 0 bridgehead atoms. The first-order valence-electron chi connectivity index (χ1n) is 16.6. The van der Waals surface area contributed by atoms with Gasteiger partial charge in [0.15, 0.2) is 0 Å². The standard InChI is InChI=1S/C46H29NO2/c1-4-12-30(13-5-1)32-22-24-35-36-18-10-19-37-39(26-27-42(45(36)37)49-43(35)28-32)47(34-16-8-3-9-17-34)40-20-11-21-41-46(40)38-25-23-33(29-44(38)48-41)31-14-6-2-7-15-31/h1-29H. The van der Waals surface area contributed by atoms with Gasteiger partial charge in [-0.3, -0.25) is 0 Å². The average Bonchev–Trinajstić information content (AvgIpc) is 3.55. The van der Waals surface area contributed by atoms with Crippen LogP contribution in [0.25, 0.3) is 66.1 Å². The van der Waals surface area contributed by atoms with Gasteiger partial charge in [-0.25, -0.2) is 0 Å². The first kappa shape index (κ1) is 27.5. The van der Waals surface area contributed by atoms with Crippen molar-refractivity contribution in [2.45, 2.75) is 0 Å². The summed E-state index contributed by atoms with van der Waals surface area (Å²) in [5.41, 5.74) is 11.8. The molecule has 10 rings (SSSR count). The summed E-state index contributed by atoms with van der Waals surface area (Å²) in [6, 6.07) is 61.8. The Bertz CT molecular complexity index is 2680. The van der Waals surface area contributed by atoms with E-state index in [9.17, 15) is 0 Å². The highest BCUT2D eigenvalue weighted by atomic mass is 16.5. The van der Waals surface area contributed by atoms with E-state index in [0.29, 0.717) is 0 Å². The van der Waals surface area contributed by atoms with Gasteiger partial charge in [-0.2, -0.15) is 0 Å². The van der Waals surface area contributed by atoms with Crippen molar-refractivity contribution in [1.82, 2.24) is 0 Å². The maximum absolute atomic E-state index is 6.69. The molecule has 0 saturated heterocycles. The summed E-state index contributed by atoms with van der Waals surface area (Å²) < 4.78 is 13.3. The van der Waals surface area contributed by atoms with Crippen LogP contribution in [0.2, 0.25) is 0 Å². The fourth-order valence-corrected chi connectivity index (χ4v) is 7.41. The van der Waals surface area contributed by atoms with Crippen LogP contribution in [0.5, 0.6) is 11.5 Å². The lowest BCUT2D eigenvalue weighted by Crippen LogP contribution is -2.11. The third-order valence-corrected chi connectivity index (χ3v) is 9.66. The Morgan fingerprint density at radius 2 is 1.06 bits per heavy atom. The van der Waals surface area contributed by atoms with Gasteiger partial charge in [0.25, 0.3) is 0 Å². The van der Waals surface area contributed by atoms with E-state index in [-0.39, 0.29) is 0 Å². The number of furan rings is 1. The molecule has 0 saturated carbocycles. The van der Waals surface area contributed by atoms with Gasteiger partial charge in [-0.15, -0.1) is 0 Å². The highest BCUT2D eigenvalue weighted by molar-refractivity contribution is 6.16. The molecule has 1 aliphatic heterocycles. The summed E-state index contributed by atoms with van der Waals surface area (Å²) in [7, 11) is 0. The predicted molar refractivity (Wildman–Crippen MR) is 202 cm³/mol. The molecule has 0 aliphatic carbocycles. The number of rotatable bonds is 5. The van der Waals surface area contributed by atoms with Crippen molar-refractivity contribution in [2.75, 3.05) is 4.90 Å². The zero-order valence-corrected chi connectivity index (χ0v) is 26.5. The highest BCUT2D eigenvalue weighted by Crippen LogP contribution is 2.52. The van der Waals surface area contributed by atoms with Crippen molar-refractivity contribution in [3.63, 3.8) is 0 Å². The van der Waals surface area contributed by atoms with Gasteiger partial charge in [0.2, 0.25) is 0 Å². The van der Waals surface area contributed by atoms with Crippen LogP contribution in [0.15, 0.2) is 180 Å². The van der Waals surface area contributed by atoms with Gasteiger partial charge >= 0.3 is 0 Å². The van der Waals surface area contributed by atoms with E-state index in [4.69, 9.17) is 9.15 Å². The lowest BCUT2D eigenvalue weighted by Gasteiger charge is -2.29. The number of anilines is 3. The molecule has 8 aromatic carbocycles. The zero-order chi connectivity index (χ0) is 32.3. The van der Waals surface area contributed by atoms with Gasteiger partial charge in [0.05, 0.1) is 16.8 Å². The average molecular weight is 628 g/mol. The maximum atomic E-state index is 6.69. The van der Waals surface area contributed by atoms with Crippen LogP contribution in [0, 0.1) is 0 Å². The van der Waals surface area contributed by atoms with Gasteiger partial charge < -0.3 is 14.1 Å². The summed E-state index contributed by atoms with van der Waals surface area (Å²) in [6.07, 6.45) is 0. The summed E-state index contributed by atoms with van der Waals surface area (Å²) in [5, 5.41) is 4.39. The third-order valence-electron chi connectivity index (χ3n) is 9.66.